The molecule has 1 atom stereocenters. The van der Waals surface area contributed by atoms with Crippen LogP contribution < -0.4 is 4.74 Å². The van der Waals surface area contributed by atoms with Gasteiger partial charge >= 0.3 is 0 Å². The minimum Gasteiger partial charge on any atom is -0.488 e. The summed E-state index contributed by atoms with van der Waals surface area (Å²) in [4.78, 5) is 0. The fraction of sp³-hybridized carbons (Fsp3) is 0.286. The van der Waals surface area contributed by atoms with Crippen molar-refractivity contribution in [3.63, 3.8) is 0 Å². The van der Waals surface area contributed by atoms with Crippen molar-refractivity contribution >= 4 is 0 Å². The minimum absolute atomic E-state index is 0.0103. The van der Waals surface area contributed by atoms with E-state index in [1.54, 1.807) is 13.4 Å². The van der Waals surface area contributed by atoms with Crippen LogP contribution in [-0.4, -0.2) is 19.8 Å². The zero-order chi connectivity index (χ0) is 12.1. The molecule has 0 radical (unpaired) electrons. The number of para-hydroxylation sites is 1. The van der Waals surface area contributed by atoms with Crippen molar-refractivity contribution in [3.8, 4) is 17.1 Å². The predicted molar refractivity (Wildman–Crippen MR) is 66.1 cm³/mol. The first-order valence-corrected chi connectivity index (χ1v) is 5.59. The lowest BCUT2D eigenvalue weighted by Gasteiger charge is -2.15. The highest BCUT2D eigenvalue weighted by Crippen LogP contribution is 2.30. The largest absolute Gasteiger partial charge is 0.488 e. The number of hydrogen-bond donors (Lipinski definition) is 0. The molecular formula is C14H16O3. The fourth-order valence-corrected chi connectivity index (χ4v) is 1.69. The van der Waals surface area contributed by atoms with E-state index in [0.29, 0.717) is 6.61 Å². The fourth-order valence-electron chi connectivity index (χ4n) is 1.69. The molecular weight excluding hydrogens is 216 g/mol. The maximum atomic E-state index is 5.82. The molecule has 0 bridgehead atoms. The molecule has 0 fully saturated rings. The van der Waals surface area contributed by atoms with Gasteiger partial charge in [-0.3, -0.25) is 0 Å². The molecule has 90 valence electrons. The van der Waals surface area contributed by atoms with Crippen LogP contribution in [0.4, 0.5) is 0 Å². The van der Waals surface area contributed by atoms with Crippen molar-refractivity contribution in [1.82, 2.24) is 0 Å². The molecule has 0 saturated heterocycles. The highest BCUT2D eigenvalue weighted by atomic mass is 16.5. The maximum absolute atomic E-state index is 5.82. The molecule has 1 heterocycles. The van der Waals surface area contributed by atoms with E-state index in [-0.39, 0.29) is 6.10 Å². The molecule has 0 aliphatic carbocycles. The number of benzene rings is 1. The van der Waals surface area contributed by atoms with Crippen LogP contribution in [0.1, 0.15) is 6.92 Å². The van der Waals surface area contributed by atoms with Crippen molar-refractivity contribution in [2.45, 2.75) is 13.0 Å². The lowest BCUT2D eigenvalue weighted by atomic mass is 10.1. The Morgan fingerprint density at radius 2 is 2.00 bits per heavy atom. The van der Waals surface area contributed by atoms with E-state index in [1.807, 2.05) is 43.3 Å². The Balaban J connectivity index is 2.22. The zero-order valence-corrected chi connectivity index (χ0v) is 10.1. The maximum Gasteiger partial charge on any atom is 0.137 e. The Morgan fingerprint density at radius 1 is 1.18 bits per heavy atom. The van der Waals surface area contributed by atoms with Gasteiger partial charge < -0.3 is 13.9 Å². The number of hydrogen-bond acceptors (Lipinski definition) is 3. The van der Waals surface area contributed by atoms with Crippen LogP contribution in [0.15, 0.2) is 47.1 Å². The Kier molecular flexibility index (Phi) is 3.83. The second kappa shape index (κ2) is 5.55. The third-order valence-electron chi connectivity index (χ3n) is 2.40. The number of ether oxygens (including phenoxy) is 2. The summed E-state index contributed by atoms with van der Waals surface area (Å²) in [5, 5.41) is 0. The predicted octanol–water partition coefficient (Wildman–Crippen LogP) is 3.36. The van der Waals surface area contributed by atoms with E-state index in [9.17, 15) is 0 Å². The molecule has 0 aliphatic rings. The first-order valence-electron chi connectivity index (χ1n) is 5.59. The molecule has 1 aromatic carbocycles. The molecule has 1 unspecified atom stereocenters. The minimum atomic E-state index is 0.0103. The molecule has 0 amide bonds. The van der Waals surface area contributed by atoms with Crippen LogP contribution in [-0.2, 0) is 4.74 Å². The lowest BCUT2D eigenvalue weighted by Crippen LogP contribution is -2.18. The molecule has 3 heteroatoms. The van der Waals surface area contributed by atoms with Gasteiger partial charge in [-0.2, -0.15) is 0 Å². The van der Waals surface area contributed by atoms with Gasteiger partial charge in [0, 0.05) is 7.11 Å². The molecule has 0 spiro atoms. The van der Waals surface area contributed by atoms with Crippen LogP contribution in [0.5, 0.6) is 5.75 Å². The van der Waals surface area contributed by atoms with Crippen LogP contribution in [0.2, 0.25) is 0 Å². The SMILES string of the molecule is COCC(C)Oc1ccccc1-c1ccco1. The second-order valence-electron chi connectivity index (χ2n) is 3.86. The van der Waals surface area contributed by atoms with Gasteiger partial charge in [0.1, 0.15) is 17.6 Å². The Morgan fingerprint density at radius 3 is 2.71 bits per heavy atom. The van der Waals surface area contributed by atoms with E-state index in [2.05, 4.69) is 0 Å². The van der Waals surface area contributed by atoms with Gasteiger partial charge in [-0.25, -0.2) is 0 Å². The zero-order valence-electron chi connectivity index (χ0n) is 10.1. The third-order valence-corrected chi connectivity index (χ3v) is 2.40. The Labute approximate surface area is 101 Å². The summed E-state index contributed by atoms with van der Waals surface area (Å²) in [6, 6.07) is 11.6. The van der Waals surface area contributed by atoms with Gasteiger partial charge in [-0.05, 0) is 31.2 Å². The molecule has 1 aromatic heterocycles. The summed E-state index contributed by atoms with van der Waals surface area (Å²) >= 11 is 0. The van der Waals surface area contributed by atoms with E-state index in [1.165, 1.54) is 0 Å². The summed E-state index contributed by atoms with van der Waals surface area (Å²) < 4.78 is 16.3. The highest BCUT2D eigenvalue weighted by molar-refractivity contribution is 5.65. The van der Waals surface area contributed by atoms with Gasteiger partial charge in [-0.1, -0.05) is 12.1 Å². The third kappa shape index (κ3) is 2.88. The van der Waals surface area contributed by atoms with Crippen LogP contribution >= 0.6 is 0 Å². The van der Waals surface area contributed by atoms with Gasteiger partial charge in [0.15, 0.2) is 0 Å². The smallest absolute Gasteiger partial charge is 0.137 e. The van der Waals surface area contributed by atoms with Gasteiger partial charge in [0.25, 0.3) is 0 Å². The quantitative estimate of drug-likeness (QED) is 0.792. The number of rotatable bonds is 5. The van der Waals surface area contributed by atoms with Crippen molar-refractivity contribution < 1.29 is 13.9 Å². The van der Waals surface area contributed by atoms with E-state index < -0.39 is 0 Å². The average molecular weight is 232 g/mol. The highest BCUT2D eigenvalue weighted by Gasteiger charge is 2.10. The first kappa shape index (κ1) is 11.7. The van der Waals surface area contributed by atoms with Crippen LogP contribution in [0, 0.1) is 0 Å². The summed E-state index contributed by atoms with van der Waals surface area (Å²) in [5.41, 5.74) is 0.959. The van der Waals surface area contributed by atoms with E-state index in [0.717, 1.165) is 17.1 Å². The Hall–Kier alpha value is -1.74. The van der Waals surface area contributed by atoms with Crippen molar-refractivity contribution in [3.05, 3.63) is 42.7 Å². The topological polar surface area (TPSA) is 31.6 Å². The standard InChI is InChI=1S/C14H16O3/c1-11(10-15-2)17-14-7-4-3-6-12(14)13-8-5-9-16-13/h3-9,11H,10H2,1-2H3. The summed E-state index contributed by atoms with van der Waals surface area (Å²) in [6.07, 6.45) is 1.67. The molecule has 17 heavy (non-hydrogen) atoms. The molecule has 2 rings (SSSR count). The average Bonchev–Trinajstić information content (AvgIpc) is 2.83. The molecule has 0 N–H and O–H groups in total. The number of methoxy groups -OCH3 is 1. The van der Waals surface area contributed by atoms with Crippen molar-refractivity contribution in [2.75, 3.05) is 13.7 Å². The molecule has 0 saturated carbocycles. The van der Waals surface area contributed by atoms with Gasteiger partial charge in [-0.15, -0.1) is 0 Å². The summed E-state index contributed by atoms with van der Waals surface area (Å²) in [7, 11) is 1.66. The van der Waals surface area contributed by atoms with E-state index >= 15 is 0 Å². The van der Waals surface area contributed by atoms with Gasteiger partial charge in [0.2, 0.25) is 0 Å². The normalized spacial score (nSPS) is 12.4. The Bertz CT molecular complexity index is 448. The van der Waals surface area contributed by atoms with Crippen molar-refractivity contribution in [2.24, 2.45) is 0 Å². The van der Waals surface area contributed by atoms with Crippen molar-refractivity contribution in [1.29, 1.82) is 0 Å². The molecule has 2 aromatic rings. The number of furan rings is 1. The summed E-state index contributed by atoms with van der Waals surface area (Å²) in [6.45, 7) is 2.54. The second-order valence-corrected chi connectivity index (χ2v) is 3.86. The first-order chi connectivity index (χ1) is 8.31. The lowest BCUT2D eigenvalue weighted by molar-refractivity contribution is 0.0924. The molecule has 0 aliphatic heterocycles. The molecule has 3 nitrogen and oxygen atoms in total. The van der Waals surface area contributed by atoms with Crippen LogP contribution in [0.25, 0.3) is 11.3 Å². The van der Waals surface area contributed by atoms with Gasteiger partial charge in [0.05, 0.1) is 18.4 Å². The summed E-state index contributed by atoms with van der Waals surface area (Å²) in [5.74, 6) is 1.62. The monoisotopic (exact) mass is 232 g/mol. The van der Waals surface area contributed by atoms with E-state index in [4.69, 9.17) is 13.9 Å². The van der Waals surface area contributed by atoms with Crippen LogP contribution in [0.3, 0.4) is 0 Å².